The molecule has 0 saturated heterocycles. The molecule has 1 aromatic rings. The van der Waals surface area contributed by atoms with E-state index in [1.807, 2.05) is 33.8 Å². The second-order valence-corrected chi connectivity index (χ2v) is 8.86. The fourth-order valence-corrected chi connectivity index (χ4v) is 2.67. The van der Waals surface area contributed by atoms with Crippen molar-refractivity contribution in [1.29, 1.82) is 0 Å². The number of rotatable bonds is 8. The zero-order valence-electron chi connectivity index (χ0n) is 15.9. The molecule has 1 atom stereocenters. The Balaban J connectivity index is 2.98. The average molecular weight is 371 g/mol. The van der Waals surface area contributed by atoms with Crippen molar-refractivity contribution in [2.45, 2.75) is 71.8 Å². The molecule has 7 heteroatoms. The summed E-state index contributed by atoms with van der Waals surface area (Å²) in [7, 11) is -3.64. The zero-order chi connectivity index (χ0) is 19.2. The van der Waals surface area contributed by atoms with Crippen LogP contribution in [0.2, 0.25) is 0 Å². The smallest absolute Gasteiger partial charge is 0.318 e. The maximum atomic E-state index is 12.4. The number of benzene rings is 1. The highest BCUT2D eigenvalue weighted by Gasteiger charge is 2.21. The summed E-state index contributed by atoms with van der Waals surface area (Å²) >= 11 is 0. The van der Waals surface area contributed by atoms with Crippen molar-refractivity contribution in [2.24, 2.45) is 0 Å². The third-order valence-electron chi connectivity index (χ3n) is 3.84. The Morgan fingerprint density at radius 2 is 1.84 bits per heavy atom. The summed E-state index contributed by atoms with van der Waals surface area (Å²) in [6.07, 6.45) is 0.823. The summed E-state index contributed by atoms with van der Waals surface area (Å²) in [6, 6.07) is 6.82. The van der Waals surface area contributed by atoms with Crippen LogP contribution in [0.25, 0.3) is 0 Å². The SMILES string of the molecule is CC[C@@H](C)N(Cc1cccc(OS(=O)(=O)C(C)C)c1)C(=O)NC(C)C. The van der Waals surface area contributed by atoms with E-state index >= 15 is 0 Å². The molecule has 1 rings (SSSR count). The van der Waals surface area contributed by atoms with Crippen LogP contribution < -0.4 is 9.50 Å². The molecule has 25 heavy (non-hydrogen) atoms. The van der Waals surface area contributed by atoms with Crippen molar-refractivity contribution in [3.05, 3.63) is 29.8 Å². The normalized spacial score (nSPS) is 13.0. The molecule has 0 aromatic heterocycles. The maximum Gasteiger partial charge on any atom is 0.318 e. The molecule has 0 aliphatic heterocycles. The van der Waals surface area contributed by atoms with Crippen LogP contribution in [0.5, 0.6) is 5.75 Å². The van der Waals surface area contributed by atoms with Gasteiger partial charge < -0.3 is 14.4 Å². The van der Waals surface area contributed by atoms with E-state index in [2.05, 4.69) is 5.32 Å². The van der Waals surface area contributed by atoms with Crippen LogP contribution in [-0.4, -0.2) is 36.7 Å². The van der Waals surface area contributed by atoms with Gasteiger partial charge in [-0.15, -0.1) is 0 Å². The van der Waals surface area contributed by atoms with E-state index < -0.39 is 15.4 Å². The predicted molar refractivity (Wildman–Crippen MR) is 100 cm³/mol. The van der Waals surface area contributed by atoms with Gasteiger partial charge in [-0.25, -0.2) is 4.79 Å². The summed E-state index contributed by atoms with van der Waals surface area (Å²) in [5.74, 6) is 0.263. The van der Waals surface area contributed by atoms with E-state index in [9.17, 15) is 13.2 Å². The van der Waals surface area contributed by atoms with E-state index in [-0.39, 0.29) is 23.9 Å². The standard InChI is InChI=1S/C18H30N2O4S/c1-7-15(6)20(18(21)19-13(2)3)12-16-9-8-10-17(11-16)24-25(22,23)14(4)5/h8-11,13-15H,7,12H2,1-6H3,(H,19,21)/t15-/m1/s1. The van der Waals surface area contributed by atoms with Crippen LogP contribution in [0, 0.1) is 0 Å². The van der Waals surface area contributed by atoms with Gasteiger partial charge in [0.1, 0.15) is 5.75 Å². The van der Waals surface area contributed by atoms with Crippen LogP contribution in [0.3, 0.4) is 0 Å². The summed E-state index contributed by atoms with van der Waals surface area (Å²) in [4.78, 5) is 14.2. The molecular weight excluding hydrogens is 340 g/mol. The number of urea groups is 1. The summed E-state index contributed by atoms with van der Waals surface area (Å²) in [6.45, 7) is 11.4. The first-order valence-electron chi connectivity index (χ1n) is 8.66. The second-order valence-electron chi connectivity index (χ2n) is 6.76. The first-order chi connectivity index (χ1) is 11.6. The largest absolute Gasteiger partial charge is 0.382 e. The summed E-state index contributed by atoms with van der Waals surface area (Å²) in [5, 5.41) is 2.29. The van der Waals surface area contributed by atoms with Crippen molar-refractivity contribution in [2.75, 3.05) is 0 Å². The van der Waals surface area contributed by atoms with Crippen LogP contribution >= 0.6 is 0 Å². The first kappa shape index (κ1) is 21.3. The van der Waals surface area contributed by atoms with E-state index in [1.54, 1.807) is 36.9 Å². The third kappa shape index (κ3) is 6.57. The third-order valence-corrected chi connectivity index (χ3v) is 5.42. The lowest BCUT2D eigenvalue weighted by Crippen LogP contribution is -2.46. The molecule has 0 bridgehead atoms. The number of carbonyl (C=O) groups is 1. The number of hydrogen-bond acceptors (Lipinski definition) is 4. The van der Waals surface area contributed by atoms with Crippen molar-refractivity contribution in [3.63, 3.8) is 0 Å². The Kier molecular flexibility index (Phi) is 7.73. The van der Waals surface area contributed by atoms with Crippen LogP contribution in [0.15, 0.2) is 24.3 Å². The van der Waals surface area contributed by atoms with E-state index in [0.717, 1.165) is 12.0 Å². The Hall–Kier alpha value is -1.76. The van der Waals surface area contributed by atoms with Crippen molar-refractivity contribution < 1.29 is 17.4 Å². The zero-order valence-corrected chi connectivity index (χ0v) is 16.8. The van der Waals surface area contributed by atoms with Crippen molar-refractivity contribution in [1.82, 2.24) is 10.2 Å². The number of nitrogens with zero attached hydrogens (tertiary/aromatic N) is 1. The monoisotopic (exact) mass is 370 g/mol. The van der Waals surface area contributed by atoms with Gasteiger partial charge in [0.25, 0.3) is 0 Å². The van der Waals surface area contributed by atoms with Gasteiger partial charge in [0.2, 0.25) is 0 Å². The molecule has 1 aromatic carbocycles. The van der Waals surface area contributed by atoms with Gasteiger partial charge in [-0.1, -0.05) is 19.1 Å². The summed E-state index contributed by atoms with van der Waals surface area (Å²) < 4.78 is 29.0. The van der Waals surface area contributed by atoms with Crippen LogP contribution in [0.1, 0.15) is 53.5 Å². The van der Waals surface area contributed by atoms with Gasteiger partial charge in [-0.2, -0.15) is 8.42 Å². The van der Waals surface area contributed by atoms with Gasteiger partial charge in [0.05, 0.1) is 5.25 Å². The minimum Gasteiger partial charge on any atom is -0.382 e. The first-order valence-corrected chi connectivity index (χ1v) is 10.1. The minimum absolute atomic E-state index is 0.0462. The van der Waals surface area contributed by atoms with Gasteiger partial charge in [-0.05, 0) is 58.7 Å². The number of carbonyl (C=O) groups excluding carboxylic acids is 1. The average Bonchev–Trinajstić information content (AvgIpc) is 2.50. The highest BCUT2D eigenvalue weighted by atomic mass is 32.2. The molecule has 2 amide bonds. The fraction of sp³-hybridized carbons (Fsp3) is 0.611. The molecule has 0 aliphatic carbocycles. The van der Waals surface area contributed by atoms with E-state index in [0.29, 0.717) is 6.54 Å². The van der Waals surface area contributed by atoms with Gasteiger partial charge >= 0.3 is 16.1 Å². The van der Waals surface area contributed by atoms with Gasteiger partial charge in [-0.3, -0.25) is 0 Å². The maximum absolute atomic E-state index is 12.4. The molecule has 142 valence electrons. The lowest BCUT2D eigenvalue weighted by molar-refractivity contribution is 0.171. The molecule has 0 radical (unpaired) electrons. The molecule has 0 spiro atoms. The van der Waals surface area contributed by atoms with E-state index in [1.165, 1.54) is 0 Å². The lowest BCUT2D eigenvalue weighted by Gasteiger charge is -2.30. The number of nitrogens with one attached hydrogen (secondary N) is 1. The van der Waals surface area contributed by atoms with E-state index in [4.69, 9.17) is 4.18 Å². The number of amides is 2. The van der Waals surface area contributed by atoms with Gasteiger partial charge in [0.15, 0.2) is 0 Å². The van der Waals surface area contributed by atoms with Crippen molar-refractivity contribution >= 4 is 16.1 Å². The van der Waals surface area contributed by atoms with Crippen LogP contribution in [-0.2, 0) is 16.7 Å². The minimum atomic E-state index is -3.64. The Morgan fingerprint density at radius 1 is 1.20 bits per heavy atom. The molecule has 0 unspecified atom stereocenters. The molecule has 1 N–H and O–H groups in total. The van der Waals surface area contributed by atoms with Crippen LogP contribution in [0.4, 0.5) is 4.79 Å². The quantitative estimate of drug-likeness (QED) is 0.710. The summed E-state index contributed by atoms with van der Waals surface area (Å²) in [5.41, 5.74) is 0.815. The second kappa shape index (κ2) is 9.08. The topological polar surface area (TPSA) is 75.7 Å². The highest BCUT2D eigenvalue weighted by molar-refractivity contribution is 7.87. The number of hydrogen-bond donors (Lipinski definition) is 1. The van der Waals surface area contributed by atoms with Crippen molar-refractivity contribution in [3.8, 4) is 5.75 Å². The molecule has 0 heterocycles. The Labute approximate surface area is 151 Å². The Bertz CT molecular complexity index is 671. The molecule has 6 nitrogen and oxygen atoms in total. The fourth-order valence-electron chi connectivity index (χ4n) is 2.10. The molecule has 0 fully saturated rings. The Morgan fingerprint density at radius 3 is 2.36 bits per heavy atom. The highest BCUT2D eigenvalue weighted by Crippen LogP contribution is 2.20. The molecule has 0 aliphatic rings. The molecule has 0 saturated carbocycles. The van der Waals surface area contributed by atoms with Gasteiger partial charge in [0, 0.05) is 18.6 Å². The molecular formula is C18H30N2O4S. The predicted octanol–water partition coefficient (Wildman–Crippen LogP) is 3.52. The lowest BCUT2D eigenvalue weighted by atomic mass is 10.1.